The Labute approximate surface area is 145 Å². The van der Waals surface area contributed by atoms with Crippen molar-refractivity contribution in [3.05, 3.63) is 69.8 Å². The van der Waals surface area contributed by atoms with E-state index in [1.54, 1.807) is 0 Å². The maximum Gasteiger partial charge on any atom is 0.127 e. The number of benzene rings is 2. The smallest absolute Gasteiger partial charge is 0.127 e. The second kappa shape index (κ2) is 6.50. The van der Waals surface area contributed by atoms with Crippen molar-refractivity contribution in [2.24, 2.45) is 0 Å². The monoisotopic (exact) mass is 369 g/mol. The number of quaternary nitrogens is 1. The predicted octanol–water partition coefficient (Wildman–Crippen LogP) is 4.46. The Kier molecular flexibility index (Phi) is 4.23. The Balaban J connectivity index is 1.65. The minimum absolute atomic E-state index is 0.541. The SMILES string of the molecule is Brc1ccc2[nH]c3c(c2c1)CCCCC3[NH2+]Cc1ccccc1. The summed E-state index contributed by atoms with van der Waals surface area (Å²) in [5.74, 6) is 0. The maximum atomic E-state index is 3.72. The molecule has 1 unspecified atom stereocenters. The summed E-state index contributed by atoms with van der Waals surface area (Å²) < 4.78 is 1.17. The molecular formula is C20H22BrN2+. The van der Waals surface area contributed by atoms with E-state index < -0.39 is 0 Å². The zero-order chi connectivity index (χ0) is 15.6. The lowest BCUT2D eigenvalue weighted by molar-refractivity contribution is -0.712. The first-order valence-corrected chi connectivity index (χ1v) is 9.28. The molecule has 0 radical (unpaired) electrons. The van der Waals surface area contributed by atoms with Gasteiger partial charge in [-0.2, -0.15) is 0 Å². The first-order chi connectivity index (χ1) is 11.3. The summed E-state index contributed by atoms with van der Waals surface area (Å²) in [5, 5.41) is 3.90. The van der Waals surface area contributed by atoms with Crippen LogP contribution in [0.1, 0.15) is 42.1 Å². The van der Waals surface area contributed by atoms with E-state index in [0.29, 0.717) is 6.04 Å². The van der Waals surface area contributed by atoms with E-state index in [9.17, 15) is 0 Å². The van der Waals surface area contributed by atoms with Crippen molar-refractivity contribution in [2.75, 3.05) is 0 Å². The van der Waals surface area contributed by atoms with E-state index in [1.807, 2.05) is 0 Å². The third kappa shape index (κ3) is 3.08. The standard InChI is InChI=1S/C20H21BrN2/c21-15-10-11-18-17(12-15)16-8-4-5-9-19(20(16)23-18)22-13-14-6-2-1-3-7-14/h1-3,6-7,10-12,19,22-23H,4-5,8-9,13H2/p+1. The molecule has 0 aliphatic heterocycles. The van der Waals surface area contributed by atoms with Crippen molar-refractivity contribution in [1.29, 1.82) is 0 Å². The molecule has 1 aliphatic carbocycles. The van der Waals surface area contributed by atoms with Gasteiger partial charge in [0.05, 0.1) is 5.69 Å². The molecule has 1 heterocycles. The number of nitrogens with two attached hydrogens (primary N) is 1. The van der Waals surface area contributed by atoms with Crippen molar-refractivity contribution < 1.29 is 5.32 Å². The molecular weight excluding hydrogens is 348 g/mol. The first-order valence-electron chi connectivity index (χ1n) is 8.48. The van der Waals surface area contributed by atoms with Crippen LogP contribution in [0.25, 0.3) is 10.9 Å². The fourth-order valence-corrected chi connectivity index (χ4v) is 4.13. The third-order valence-corrected chi connectivity index (χ3v) is 5.44. The number of halogens is 1. The summed E-state index contributed by atoms with van der Waals surface area (Å²) in [6.45, 7) is 1.05. The quantitative estimate of drug-likeness (QED) is 0.638. The number of hydrogen-bond donors (Lipinski definition) is 2. The fourth-order valence-electron chi connectivity index (χ4n) is 3.77. The highest BCUT2D eigenvalue weighted by Gasteiger charge is 2.25. The van der Waals surface area contributed by atoms with Crippen LogP contribution in [0.5, 0.6) is 0 Å². The Morgan fingerprint density at radius 3 is 2.83 bits per heavy atom. The van der Waals surface area contributed by atoms with Crippen LogP contribution < -0.4 is 5.32 Å². The molecule has 4 rings (SSSR count). The van der Waals surface area contributed by atoms with Crippen molar-refractivity contribution in [3.63, 3.8) is 0 Å². The summed E-state index contributed by atoms with van der Waals surface area (Å²) in [6.07, 6.45) is 5.06. The van der Waals surface area contributed by atoms with Gasteiger partial charge in [0.25, 0.3) is 0 Å². The Hall–Kier alpha value is -1.58. The molecule has 3 aromatic rings. The van der Waals surface area contributed by atoms with E-state index >= 15 is 0 Å². The maximum absolute atomic E-state index is 3.72. The van der Waals surface area contributed by atoms with Gasteiger partial charge in [0.2, 0.25) is 0 Å². The van der Waals surface area contributed by atoms with Gasteiger partial charge in [-0.1, -0.05) is 46.3 Å². The van der Waals surface area contributed by atoms with Crippen LogP contribution in [-0.2, 0) is 13.0 Å². The van der Waals surface area contributed by atoms with Gasteiger partial charge < -0.3 is 10.3 Å². The van der Waals surface area contributed by atoms with Crippen LogP contribution in [0, 0.1) is 0 Å². The first kappa shape index (κ1) is 15.0. The minimum atomic E-state index is 0.541. The predicted molar refractivity (Wildman–Crippen MR) is 98.4 cm³/mol. The number of hydrogen-bond acceptors (Lipinski definition) is 0. The lowest BCUT2D eigenvalue weighted by Gasteiger charge is -2.14. The molecule has 0 bridgehead atoms. The van der Waals surface area contributed by atoms with Crippen LogP contribution in [0.2, 0.25) is 0 Å². The summed E-state index contributed by atoms with van der Waals surface area (Å²) in [5.41, 5.74) is 5.66. The topological polar surface area (TPSA) is 32.4 Å². The molecule has 2 nitrogen and oxygen atoms in total. The largest absolute Gasteiger partial charge is 0.353 e. The van der Waals surface area contributed by atoms with Crippen molar-refractivity contribution in [3.8, 4) is 0 Å². The number of aromatic nitrogens is 1. The van der Waals surface area contributed by atoms with E-state index in [-0.39, 0.29) is 0 Å². The van der Waals surface area contributed by atoms with Gasteiger partial charge in [-0.3, -0.25) is 0 Å². The third-order valence-electron chi connectivity index (χ3n) is 4.94. The highest BCUT2D eigenvalue weighted by atomic mass is 79.9. The molecule has 1 aromatic heterocycles. The van der Waals surface area contributed by atoms with E-state index in [0.717, 1.165) is 6.54 Å². The van der Waals surface area contributed by atoms with Gasteiger partial charge >= 0.3 is 0 Å². The lowest BCUT2D eigenvalue weighted by atomic mass is 10.0. The van der Waals surface area contributed by atoms with E-state index in [4.69, 9.17) is 0 Å². The van der Waals surface area contributed by atoms with Gasteiger partial charge in [-0.15, -0.1) is 0 Å². The summed E-state index contributed by atoms with van der Waals surface area (Å²) in [4.78, 5) is 3.72. The van der Waals surface area contributed by atoms with Gasteiger partial charge in [0.15, 0.2) is 0 Å². The molecule has 118 valence electrons. The molecule has 3 N–H and O–H groups in total. The number of aryl methyl sites for hydroxylation is 1. The number of fused-ring (bicyclic) bond motifs is 3. The number of rotatable bonds is 3. The zero-order valence-electron chi connectivity index (χ0n) is 13.2. The van der Waals surface area contributed by atoms with Gasteiger partial charge in [-0.25, -0.2) is 0 Å². The summed E-state index contributed by atoms with van der Waals surface area (Å²) in [7, 11) is 0. The fraction of sp³-hybridized carbons (Fsp3) is 0.300. The minimum Gasteiger partial charge on any atom is -0.353 e. The van der Waals surface area contributed by atoms with Crippen molar-refractivity contribution in [1.82, 2.24) is 4.98 Å². The second-order valence-electron chi connectivity index (χ2n) is 6.48. The van der Waals surface area contributed by atoms with Crippen LogP contribution in [0.3, 0.4) is 0 Å². The molecule has 23 heavy (non-hydrogen) atoms. The van der Waals surface area contributed by atoms with E-state index in [2.05, 4.69) is 74.8 Å². The average Bonchev–Trinajstić information content (AvgIpc) is 2.80. The highest BCUT2D eigenvalue weighted by Crippen LogP contribution is 2.33. The van der Waals surface area contributed by atoms with Gasteiger partial charge in [0.1, 0.15) is 12.6 Å². The van der Waals surface area contributed by atoms with Crippen molar-refractivity contribution >= 4 is 26.8 Å². The summed E-state index contributed by atoms with van der Waals surface area (Å²) in [6, 6.07) is 17.9. The highest BCUT2D eigenvalue weighted by molar-refractivity contribution is 9.10. The van der Waals surface area contributed by atoms with Crippen LogP contribution >= 0.6 is 15.9 Å². The van der Waals surface area contributed by atoms with Crippen molar-refractivity contribution in [2.45, 2.75) is 38.3 Å². The molecule has 0 saturated carbocycles. The molecule has 2 aromatic carbocycles. The number of nitrogens with one attached hydrogen (secondary N) is 1. The van der Waals surface area contributed by atoms with Crippen LogP contribution in [0.15, 0.2) is 53.0 Å². The average molecular weight is 370 g/mol. The Bertz CT molecular complexity index is 807. The molecule has 0 amide bonds. The molecule has 0 saturated heterocycles. The molecule has 0 spiro atoms. The second-order valence-corrected chi connectivity index (χ2v) is 7.40. The zero-order valence-corrected chi connectivity index (χ0v) is 14.8. The lowest BCUT2D eigenvalue weighted by Crippen LogP contribution is -2.83. The number of H-pyrrole nitrogens is 1. The van der Waals surface area contributed by atoms with Crippen LogP contribution in [0.4, 0.5) is 0 Å². The summed E-state index contributed by atoms with van der Waals surface area (Å²) >= 11 is 3.62. The van der Waals surface area contributed by atoms with Crippen LogP contribution in [-0.4, -0.2) is 4.98 Å². The van der Waals surface area contributed by atoms with E-state index in [1.165, 1.54) is 57.9 Å². The molecule has 1 atom stereocenters. The Morgan fingerprint density at radius 2 is 1.96 bits per heavy atom. The number of aromatic amines is 1. The molecule has 3 heteroatoms. The normalized spacial score (nSPS) is 17.9. The molecule has 0 fully saturated rings. The van der Waals surface area contributed by atoms with Gasteiger partial charge in [-0.05, 0) is 43.0 Å². The van der Waals surface area contributed by atoms with Gasteiger partial charge in [0, 0.05) is 27.4 Å². The molecule has 1 aliphatic rings. The Morgan fingerprint density at radius 1 is 1.09 bits per heavy atom.